The fraction of sp³-hybridized carbons (Fsp3) is 0.455. The number of hydrogen-bond donors (Lipinski definition) is 3. The van der Waals surface area contributed by atoms with Gasteiger partial charge in [0, 0.05) is 12.0 Å². The van der Waals surface area contributed by atoms with Crippen LogP contribution in [0, 0.1) is 5.92 Å². The van der Waals surface area contributed by atoms with Gasteiger partial charge in [-0.1, -0.05) is 11.6 Å². The van der Waals surface area contributed by atoms with E-state index in [0.717, 1.165) is 19.3 Å². The van der Waals surface area contributed by atoms with E-state index in [1.165, 1.54) is 6.26 Å². The molecule has 0 bridgehead atoms. The van der Waals surface area contributed by atoms with Crippen molar-refractivity contribution in [3.8, 4) is 0 Å². The minimum absolute atomic E-state index is 0.102. The summed E-state index contributed by atoms with van der Waals surface area (Å²) in [5.74, 6) is -0.160. The van der Waals surface area contributed by atoms with Gasteiger partial charge in [0.05, 0.1) is 11.8 Å². The molecule has 6 nitrogen and oxygen atoms in total. The lowest BCUT2D eigenvalue weighted by Gasteiger charge is -2.19. The lowest BCUT2D eigenvalue weighted by Crippen LogP contribution is -2.42. The van der Waals surface area contributed by atoms with Crippen LogP contribution in [0.15, 0.2) is 26.6 Å². The smallest absolute Gasteiger partial charge is 0.255 e. The highest BCUT2D eigenvalue weighted by Crippen LogP contribution is 2.26. The standard InChI is InChI=1S/C11H14BrN3O3/c12-9-7(4-5-18-9)11(16)14-8-3-1-2-6(8)10(13)15-17/h4-6,8,17H,1-3H2,(H2,13,15)(H,14,16). The minimum Gasteiger partial charge on any atom is -0.457 e. The zero-order valence-corrected chi connectivity index (χ0v) is 11.2. The molecule has 1 saturated carbocycles. The summed E-state index contributed by atoms with van der Waals surface area (Å²) in [6.07, 6.45) is 4.02. The number of oxime groups is 1. The van der Waals surface area contributed by atoms with Crippen LogP contribution < -0.4 is 11.1 Å². The molecule has 0 radical (unpaired) electrons. The molecule has 1 fully saturated rings. The van der Waals surface area contributed by atoms with E-state index in [9.17, 15) is 4.79 Å². The Kier molecular flexibility index (Phi) is 3.90. The van der Waals surface area contributed by atoms with Crippen molar-refractivity contribution in [3.63, 3.8) is 0 Å². The van der Waals surface area contributed by atoms with Crippen molar-refractivity contribution in [2.45, 2.75) is 25.3 Å². The van der Waals surface area contributed by atoms with Crippen LogP contribution in [0.25, 0.3) is 0 Å². The molecule has 0 saturated heterocycles. The topological polar surface area (TPSA) is 101 Å². The summed E-state index contributed by atoms with van der Waals surface area (Å²) in [6.45, 7) is 0. The number of nitrogens with two attached hydrogens (primary N) is 1. The monoisotopic (exact) mass is 315 g/mol. The molecule has 1 aromatic rings. The van der Waals surface area contributed by atoms with E-state index in [2.05, 4.69) is 26.4 Å². The Morgan fingerprint density at radius 1 is 1.61 bits per heavy atom. The van der Waals surface area contributed by atoms with E-state index in [4.69, 9.17) is 15.4 Å². The molecular weight excluding hydrogens is 302 g/mol. The van der Waals surface area contributed by atoms with Gasteiger partial charge >= 0.3 is 0 Å². The number of furan rings is 1. The summed E-state index contributed by atoms with van der Waals surface area (Å²) >= 11 is 3.16. The predicted molar refractivity (Wildman–Crippen MR) is 68.4 cm³/mol. The lowest BCUT2D eigenvalue weighted by atomic mass is 10.0. The van der Waals surface area contributed by atoms with Crippen molar-refractivity contribution in [3.05, 3.63) is 22.6 Å². The maximum Gasteiger partial charge on any atom is 0.255 e. The van der Waals surface area contributed by atoms with Crippen molar-refractivity contribution in [2.75, 3.05) is 0 Å². The van der Waals surface area contributed by atoms with Gasteiger partial charge in [-0.05, 0) is 34.8 Å². The number of hydrogen-bond acceptors (Lipinski definition) is 4. The highest BCUT2D eigenvalue weighted by Gasteiger charge is 2.32. The van der Waals surface area contributed by atoms with Gasteiger partial charge in [-0.15, -0.1) is 0 Å². The van der Waals surface area contributed by atoms with E-state index in [1.807, 2.05) is 0 Å². The first kappa shape index (κ1) is 12.9. The van der Waals surface area contributed by atoms with E-state index in [1.54, 1.807) is 6.07 Å². The normalized spacial score (nSPS) is 24.2. The molecule has 2 atom stereocenters. The third-order valence-corrected chi connectivity index (χ3v) is 3.80. The number of nitrogens with one attached hydrogen (secondary N) is 1. The molecule has 0 spiro atoms. The van der Waals surface area contributed by atoms with Crippen LogP contribution in [0.2, 0.25) is 0 Å². The molecule has 1 aliphatic carbocycles. The Morgan fingerprint density at radius 2 is 2.39 bits per heavy atom. The second-order valence-corrected chi connectivity index (χ2v) is 4.97. The zero-order chi connectivity index (χ0) is 13.1. The Morgan fingerprint density at radius 3 is 3.00 bits per heavy atom. The van der Waals surface area contributed by atoms with Crippen LogP contribution in [0.3, 0.4) is 0 Å². The number of halogens is 1. The van der Waals surface area contributed by atoms with Crippen molar-refractivity contribution in [1.29, 1.82) is 0 Å². The summed E-state index contributed by atoms with van der Waals surface area (Å²) in [5.41, 5.74) is 6.06. The SMILES string of the molecule is N/C(=N/O)C1CCCC1NC(=O)c1ccoc1Br. The Hall–Kier alpha value is -1.50. The molecule has 1 aromatic heterocycles. The Bertz CT molecular complexity index is 472. The second-order valence-electron chi connectivity index (χ2n) is 4.25. The van der Waals surface area contributed by atoms with Crippen LogP contribution in [-0.4, -0.2) is 23.0 Å². The maximum atomic E-state index is 12.0. The average molecular weight is 316 g/mol. The third kappa shape index (κ3) is 2.50. The first-order chi connectivity index (χ1) is 8.63. The third-order valence-electron chi connectivity index (χ3n) is 3.19. The Balaban J connectivity index is 2.05. The summed E-state index contributed by atoms with van der Waals surface area (Å²) in [7, 11) is 0. The number of carbonyl (C=O) groups is 1. The molecule has 1 aliphatic rings. The molecule has 4 N–H and O–H groups in total. The van der Waals surface area contributed by atoms with Gasteiger partial charge in [-0.25, -0.2) is 0 Å². The molecule has 2 rings (SSSR count). The number of rotatable bonds is 3. The van der Waals surface area contributed by atoms with Gasteiger partial charge in [0.25, 0.3) is 5.91 Å². The van der Waals surface area contributed by atoms with E-state index in [0.29, 0.717) is 10.2 Å². The molecular formula is C11H14BrN3O3. The molecule has 1 amide bonds. The maximum absolute atomic E-state index is 12.0. The molecule has 18 heavy (non-hydrogen) atoms. The van der Waals surface area contributed by atoms with Crippen LogP contribution in [0.4, 0.5) is 0 Å². The first-order valence-electron chi connectivity index (χ1n) is 5.64. The summed E-state index contributed by atoms with van der Waals surface area (Å²) in [4.78, 5) is 12.0. The van der Waals surface area contributed by atoms with E-state index < -0.39 is 0 Å². The van der Waals surface area contributed by atoms with Crippen molar-refractivity contribution < 1.29 is 14.4 Å². The number of nitrogens with zero attached hydrogens (tertiary/aromatic N) is 1. The van der Waals surface area contributed by atoms with Crippen molar-refractivity contribution in [1.82, 2.24) is 5.32 Å². The zero-order valence-electron chi connectivity index (χ0n) is 9.60. The van der Waals surface area contributed by atoms with Crippen molar-refractivity contribution >= 4 is 27.7 Å². The average Bonchev–Trinajstić information content (AvgIpc) is 2.97. The molecule has 0 aromatic carbocycles. The van der Waals surface area contributed by atoms with E-state index in [-0.39, 0.29) is 23.7 Å². The highest BCUT2D eigenvalue weighted by molar-refractivity contribution is 9.10. The van der Waals surface area contributed by atoms with Crippen LogP contribution in [0.1, 0.15) is 29.6 Å². The summed E-state index contributed by atoms with van der Waals surface area (Å²) in [6, 6.07) is 1.49. The molecule has 1 heterocycles. The lowest BCUT2D eigenvalue weighted by molar-refractivity contribution is 0.0931. The predicted octanol–water partition coefficient (Wildman–Crippen LogP) is 1.69. The number of amides is 1. The quantitative estimate of drug-likeness (QED) is 0.342. The van der Waals surface area contributed by atoms with Crippen molar-refractivity contribution in [2.24, 2.45) is 16.8 Å². The summed E-state index contributed by atoms with van der Waals surface area (Å²) in [5, 5.41) is 14.6. The van der Waals surface area contributed by atoms with Gasteiger partial charge < -0.3 is 20.7 Å². The first-order valence-corrected chi connectivity index (χ1v) is 6.44. The summed E-state index contributed by atoms with van der Waals surface area (Å²) < 4.78 is 5.41. The minimum atomic E-state index is -0.224. The highest BCUT2D eigenvalue weighted by atomic mass is 79.9. The van der Waals surface area contributed by atoms with Gasteiger partial charge in [0.1, 0.15) is 5.84 Å². The van der Waals surface area contributed by atoms with Gasteiger partial charge in [0.15, 0.2) is 4.67 Å². The van der Waals surface area contributed by atoms with E-state index >= 15 is 0 Å². The largest absolute Gasteiger partial charge is 0.457 e. The fourth-order valence-electron chi connectivity index (χ4n) is 2.26. The van der Waals surface area contributed by atoms with Crippen LogP contribution in [0.5, 0.6) is 0 Å². The van der Waals surface area contributed by atoms with Gasteiger partial charge in [-0.2, -0.15) is 0 Å². The molecule has 2 unspecified atom stereocenters. The number of amidine groups is 1. The fourth-order valence-corrected chi connectivity index (χ4v) is 2.68. The van der Waals surface area contributed by atoms with Gasteiger partial charge in [0.2, 0.25) is 0 Å². The molecule has 98 valence electrons. The Labute approximate surface area is 112 Å². The van der Waals surface area contributed by atoms with Crippen LogP contribution in [-0.2, 0) is 0 Å². The van der Waals surface area contributed by atoms with Crippen LogP contribution >= 0.6 is 15.9 Å². The van der Waals surface area contributed by atoms with Gasteiger partial charge in [-0.3, -0.25) is 4.79 Å². The second kappa shape index (κ2) is 5.43. The molecule has 0 aliphatic heterocycles. The molecule has 7 heteroatoms. The number of carbonyl (C=O) groups excluding carboxylic acids is 1.